The number of phenolic OH excluding ortho intramolecular Hbond substituents is 1. The van der Waals surface area contributed by atoms with Crippen LogP contribution in [0.25, 0.3) is 0 Å². The lowest BCUT2D eigenvalue weighted by atomic mass is 10.2. The monoisotopic (exact) mass is 253 g/mol. The Hall–Kier alpha value is -1.75. The second kappa shape index (κ2) is 7.55. The van der Waals surface area contributed by atoms with Gasteiger partial charge < -0.3 is 20.3 Å². The molecule has 0 spiro atoms. The van der Waals surface area contributed by atoms with E-state index >= 15 is 0 Å². The van der Waals surface area contributed by atoms with Gasteiger partial charge in [0.2, 0.25) is 0 Å². The molecule has 5 heteroatoms. The van der Waals surface area contributed by atoms with E-state index in [1.54, 1.807) is 18.2 Å². The van der Waals surface area contributed by atoms with Crippen molar-refractivity contribution in [3.63, 3.8) is 0 Å². The van der Waals surface area contributed by atoms with E-state index in [1.165, 1.54) is 6.07 Å². The lowest BCUT2D eigenvalue weighted by molar-refractivity contribution is -0.123. The van der Waals surface area contributed by atoms with Crippen molar-refractivity contribution in [2.24, 2.45) is 0 Å². The lowest BCUT2D eigenvalue weighted by Crippen LogP contribution is -2.36. The highest BCUT2D eigenvalue weighted by atomic mass is 16.5. The van der Waals surface area contributed by atoms with Gasteiger partial charge in [-0.3, -0.25) is 4.79 Å². The van der Waals surface area contributed by atoms with Gasteiger partial charge in [0.05, 0.1) is 0 Å². The number of carbonyl (C=O) groups is 1. The number of para-hydroxylation sites is 2. The Morgan fingerprint density at radius 1 is 1.44 bits per heavy atom. The number of aliphatic hydroxyl groups is 1. The second-order valence-electron chi connectivity index (χ2n) is 4.09. The number of amides is 1. The third-order valence-corrected chi connectivity index (χ3v) is 2.43. The number of ether oxygens (including phenoxy) is 1. The molecule has 0 saturated carbocycles. The predicted octanol–water partition coefficient (Wildman–Crippen LogP) is 1.05. The molecule has 0 fully saturated rings. The van der Waals surface area contributed by atoms with Crippen LogP contribution in [0.3, 0.4) is 0 Å². The topological polar surface area (TPSA) is 78.8 Å². The molecule has 1 aromatic carbocycles. The van der Waals surface area contributed by atoms with Gasteiger partial charge in [-0.1, -0.05) is 12.1 Å². The average molecular weight is 253 g/mol. The van der Waals surface area contributed by atoms with Crippen molar-refractivity contribution >= 4 is 5.91 Å². The summed E-state index contributed by atoms with van der Waals surface area (Å²) in [4.78, 5) is 11.5. The maximum Gasteiger partial charge on any atom is 0.258 e. The van der Waals surface area contributed by atoms with Gasteiger partial charge in [-0.05, 0) is 31.9 Å². The molecule has 0 saturated heterocycles. The Labute approximate surface area is 106 Å². The Bertz CT molecular complexity index is 381. The van der Waals surface area contributed by atoms with Crippen molar-refractivity contribution in [2.45, 2.75) is 25.8 Å². The van der Waals surface area contributed by atoms with Crippen LogP contribution in [0.2, 0.25) is 0 Å². The largest absolute Gasteiger partial charge is 0.504 e. The average Bonchev–Trinajstić information content (AvgIpc) is 2.35. The lowest BCUT2D eigenvalue weighted by Gasteiger charge is -2.13. The first kappa shape index (κ1) is 14.3. The summed E-state index contributed by atoms with van der Waals surface area (Å²) >= 11 is 0. The number of nitrogens with one attached hydrogen (secondary N) is 1. The van der Waals surface area contributed by atoms with Crippen LogP contribution in [0.5, 0.6) is 11.5 Å². The van der Waals surface area contributed by atoms with E-state index in [4.69, 9.17) is 9.84 Å². The molecule has 1 rings (SSSR count). The van der Waals surface area contributed by atoms with E-state index in [0.717, 1.165) is 6.42 Å². The fraction of sp³-hybridized carbons (Fsp3) is 0.462. The van der Waals surface area contributed by atoms with E-state index in [2.05, 4.69) is 5.32 Å². The quantitative estimate of drug-likeness (QED) is 0.678. The summed E-state index contributed by atoms with van der Waals surface area (Å²) in [6.07, 6.45) is 1.38. The molecule has 0 bridgehead atoms. The molecule has 0 radical (unpaired) electrons. The van der Waals surface area contributed by atoms with E-state index in [9.17, 15) is 9.90 Å². The molecule has 18 heavy (non-hydrogen) atoms. The van der Waals surface area contributed by atoms with Gasteiger partial charge in [-0.15, -0.1) is 0 Å². The number of benzene rings is 1. The summed E-state index contributed by atoms with van der Waals surface area (Å²) in [5, 5.41) is 20.9. The number of hydrogen-bond acceptors (Lipinski definition) is 4. The highest BCUT2D eigenvalue weighted by Crippen LogP contribution is 2.23. The summed E-state index contributed by atoms with van der Waals surface area (Å²) in [6, 6.07) is 6.49. The fourth-order valence-corrected chi connectivity index (χ4v) is 1.51. The van der Waals surface area contributed by atoms with E-state index in [-0.39, 0.29) is 36.7 Å². The Morgan fingerprint density at radius 3 is 2.83 bits per heavy atom. The minimum Gasteiger partial charge on any atom is -0.504 e. The SMILES string of the molecule is CC(CCCO)NC(=O)COc1ccccc1O. The Morgan fingerprint density at radius 2 is 2.17 bits per heavy atom. The van der Waals surface area contributed by atoms with Gasteiger partial charge in [-0.2, -0.15) is 0 Å². The van der Waals surface area contributed by atoms with Gasteiger partial charge in [0.25, 0.3) is 5.91 Å². The van der Waals surface area contributed by atoms with Crippen molar-refractivity contribution < 1.29 is 19.7 Å². The molecule has 1 aromatic rings. The van der Waals surface area contributed by atoms with Gasteiger partial charge in [0, 0.05) is 12.6 Å². The zero-order valence-corrected chi connectivity index (χ0v) is 10.4. The Kier molecular flexibility index (Phi) is 6.00. The molecule has 0 aromatic heterocycles. The van der Waals surface area contributed by atoms with Crippen LogP contribution in [0.1, 0.15) is 19.8 Å². The van der Waals surface area contributed by atoms with Crippen LogP contribution in [-0.2, 0) is 4.79 Å². The number of aromatic hydroxyl groups is 1. The van der Waals surface area contributed by atoms with Gasteiger partial charge in [-0.25, -0.2) is 0 Å². The molecule has 0 aliphatic rings. The molecule has 3 N–H and O–H groups in total. The zero-order chi connectivity index (χ0) is 13.4. The van der Waals surface area contributed by atoms with Gasteiger partial charge in [0.15, 0.2) is 18.1 Å². The molecule has 1 unspecified atom stereocenters. The predicted molar refractivity (Wildman–Crippen MR) is 67.5 cm³/mol. The normalized spacial score (nSPS) is 11.9. The summed E-state index contributed by atoms with van der Waals surface area (Å²) in [5.41, 5.74) is 0. The third-order valence-electron chi connectivity index (χ3n) is 2.43. The van der Waals surface area contributed by atoms with E-state index in [0.29, 0.717) is 6.42 Å². The molecule has 1 amide bonds. The molecule has 0 aliphatic carbocycles. The minimum absolute atomic E-state index is 0.00220. The van der Waals surface area contributed by atoms with Crippen LogP contribution < -0.4 is 10.1 Å². The summed E-state index contributed by atoms with van der Waals surface area (Å²) in [5.74, 6) is 0.0537. The first-order valence-corrected chi connectivity index (χ1v) is 5.94. The molecular weight excluding hydrogens is 234 g/mol. The number of phenols is 1. The second-order valence-corrected chi connectivity index (χ2v) is 4.09. The smallest absolute Gasteiger partial charge is 0.258 e. The maximum atomic E-state index is 11.5. The highest BCUT2D eigenvalue weighted by molar-refractivity contribution is 5.77. The first-order valence-electron chi connectivity index (χ1n) is 5.94. The standard InChI is InChI=1S/C13H19NO4/c1-10(5-4-8-15)14-13(17)9-18-12-7-3-2-6-11(12)16/h2-3,6-7,10,15-16H,4-5,8-9H2,1H3,(H,14,17). The van der Waals surface area contributed by atoms with E-state index < -0.39 is 0 Å². The van der Waals surface area contributed by atoms with E-state index in [1.807, 2.05) is 6.92 Å². The third kappa shape index (κ3) is 5.05. The van der Waals surface area contributed by atoms with Crippen LogP contribution in [0.4, 0.5) is 0 Å². The maximum absolute atomic E-state index is 11.5. The fourth-order valence-electron chi connectivity index (χ4n) is 1.51. The van der Waals surface area contributed by atoms with Crippen molar-refractivity contribution in [3.8, 4) is 11.5 Å². The van der Waals surface area contributed by atoms with Crippen LogP contribution in [0, 0.1) is 0 Å². The van der Waals surface area contributed by atoms with Crippen LogP contribution in [-0.4, -0.2) is 35.4 Å². The molecule has 0 aliphatic heterocycles. The van der Waals surface area contributed by atoms with Gasteiger partial charge in [0.1, 0.15) is 0 Å². The summed E-state index contributed by atoms with van der Waals surface area (Å²) in [7, 11) is 0. The minimum atomic E-state index is -0.247. The molecule has 100 valence electrons. The van der Waals surface area contributed by atoms with Crippen LogP contribution >= 0.6 is 0 Å². The highest BCUT2D eigenvalue weighted by Gasteiger charge is 2.08. The molecule has 1 atom stereocenters. The van der Waals surface area contributed by atoms with Gasteiger partial charge >= 0.3 is 0 Å². The number of carbonyl (C=O) groups excluding carboxylic acids is 1. The number of aliphatic hydroxyl groups excluding tert-OH is 1. The summed E-state index contributed by atoms with van der Waals surface area (Å²) < 4.78 is 5.19. The molecular formula is C13H19NO4. The molecule has 0 heterocycles. The molecule has 5 nitrogen and oxygen atoms in total. The van der Waals surface area contributed by atoms with Crippen molar-refractivity contribution in [1.82, 2.24) is 5.32 Å². The Balaban J connectivity index is 2.31. The number of hydrogen-bond donors (Lipinski definition) is 3. The number of rotatable bonds is 7. The van der Waals surface area contributed by atoms with Crippen molar-refractivity contribution in [3.05, 3.63) is 24.3 Å². The zero-order valence-electron chi connectivity index (χ0n) is 10.4. The summed E-state index contributed by atoms with van der Waals surface area (Å²) in [6.45, 7) is 1.85. The first-order chi connectivity index (χ1) is 8.63. The van der Waals surface area contributed by atoms with Crippen molar-refractivity contribution in [1.29, 1.82) is 0 Å². The van der Waals surface area contributed by atoms with Crippen LogP contribution in [0.15, 0.2) is 24.3 Å². The van der Waals surface area contributed by atoms with Crippen molar-refractivity contribution in [2.75, 3.05) is 13.2 Å².